The Morgan fingerprint density at radius 1 is 1.75 bits per heavy atom. The van der Waals surface area contributed by atoms with Crippen molar-refractivity contribution in [2.24, 2.45) is 0 Å². The molecule has 0 bridgehead atoms. The summed E-state index contributed by atoms with van der Waals surface area (Å²) in [4.78, 5) is 0. The Hall–Kier alpha value is 0.400. The summed E-state index contributed by atoms with van der Waals surface area (Å²) in [6, 6.07) is 0. The van der Waals surface area contributed by atoms with Crippen LogP contribution in [0.4, 0.5) is 0 Å². The lowest BCUT2D eigenvalue weighted by Gasteiger charge is -2.15. The lowest BCUT2D eigenvalue weighted by atomic mass is 10.3. The Balaban J connectivity index is 2.22. The molecule has 0 aliphatic carbocycles. The van der Waals surface area contributed by atoms with Crippen molar-refractivity contribution in [1.29, 1.82) is 0 Å². The van der Waals surface area contributed by atoms with Crippen LogP contribution < -0.4 is 0 Å². The summed E-state index contributed by atoms with van der Waals surface area (Å²) < 4.78 is 5.19. The van der Waals surface area contributed by atoms with Gasteiger partial charge in [-0.2, -0.15) is 0 Å². The molecule has 1 nitrogen and oxygen atoms in total. The molecule has 0 aromatic heterocycles. The van der Waals surface area contributed by atoms with Crippen LogP contribution in [-0.4, -0.2) is 11.9 Å². The van der Waals surface area contributed by atoms with Crippen molar-refractivity contribution in [2.75, 3.05) is 5.75 Å². The van der Waals surface area contributed by atoms with Crippen LogP contribution in [0.25, 0.3) is 0 Å². The summed E-state index contributed by atoms with van der Waals surface area (Å²) in [6.07, 6.45) is 3.26. The van der Waals surface area contributed by atoms with Gasteiger partial charge in [0.1, 0.15) is 0 Å². The highest BCUT2D eigenvalue weighted by Gasteiger charge is 2.10. The first-order valence-corrected chi connectivity index (χ1v) is 4.75. The van der Waals surface area contributed by atoms with E-state index in [1.54, 1.807) is 10.8 Å². The fourth-order valence-corrected chi connectivity index (χ4v) is 2.17. The van der Waals surface area contributed by atoms with Gasteiger partial charge in [0.25, 0.3) is 0 Å². The Labute approximate surface area is 57.5 Å². The first kappa shape index (κ1) is 6.52. The predicted octanol–water partition coefficient (Wildman–Crippen LogP) is 2.26. The maximum absolute atomic E-state index is 5.19. The van der Waals surface area contributed by atoms with Gasteiger partial charge in [-0.1, -0.05) is 16.9 Å². The maximum atomic E-state index is 5.19. The normalized spacial score (nSPS) is 29.8. The van der Waals surface area contributed by atoms with Gasteiger partial charge >= 0.3 is 0 Å². The highest BCUT2D eigenvalue weighted by Crippen LogP contribution is 2.31. The van der Waals surface area contributed by atoms with Crippen molar-refractivity contribution in [3.05, 3.63) is 12.7 Å². The molecule has 0 radical (unpaired) electrons. The molecule has 1 atom stereocenters. The molecule has 0 spiro atoms. The maximum Gasteiger partial charge on any atom is 0.0919 e. The zero-order valence-corrected chi connectivity index (χ0v) is 6.13. The van der Waals surface area contributed by atoms with Crippen molar-refractivity contribution in [3.8, 4) is 0 Å². The van der Waals surface area contributed by atoms with Crippen LogP contribution >= 0.6 is 21.9 Å². The molecule has 3 heteroatoms. The van der Waals surface area contributed by atoms with Gasteiger partial charge in [-0.25, -0.2) is 0 Å². The topological polar surface area (TPSA) is 9.23 Å². The van der Waals surface area contributed by atoms with E-state index in [1.807, 2.05) is 6.08 Å². The molecule has 1 fully saturated rings. The lowest BCUT2D eigenvalue weighted by molar-refractivity contribution is 0.294. The minimum atomic E-state index is 0.293. The molecule has 1 heterocycles. The SMILES string of the molecule is C=CC1CCSSO1. The van der Waals surface area contributed by atoms with Crippen LogP contribution in [0.3, 0.4) is 0 Å². The van der Waals surface area contributed by atoms with Crippen molar-refractivity contribution < 1.29 is 4.18 Å². The van der Waals surface area contributed by atoms with Crippen molar-refractivity contribution in [3.63, 3.8) is 0 Å². The second kappa shape index (κ2) is 3.43. The molecule has 1 rings (SSSR count). The van der Waals surface area contributed by atoms with Gasteiger partial charge in [-0.05, 0) is 6.42 Å². The first-order valence-electron chi connectivity index (χ1n) is 2.51. The second-order valence-corrected chi connectivity index (χ2v) is 3.64. The zero-order valence-electron chi connectivity index (χ0n) is 4.50. The fourth-order valence-electron chi connectivity index (χ4n) is 0.482. The molecule has 0 aromatic carbocycles. The molecular formula is C5H8OS2. The summed E-state index contributed by atoms with van der Waals surface area (Å²) in [5, 5.41) is 0. The van der Waals surface area contributed by atoms with E-state index in [4.69, 9.17) is 4.18 Å². The van der Waals surface area contributed by atoms with Crippen LogP contribution in [0.2, 0.25) is 0 Å². The van der Waals surface area contributed by atoms with E-state index in [1.165, 1.54) is 16.8 Å². The third kappa shape index (κ3) is 1.73. The van der Waals surface area contributed by atoms with Crippen molar-refractivity contribution in [1.82, 2.24) is 0 Å². The van der Waals surface area contributed by atoms with E-state index in [9.17, 15) is 0 Å². The molecule has 1 aliphatic rings. The quantitative estimate of drug-likeness (QED) is 0.321. The van der Waals surface area contributed by atoms with E-state index in [0.29, 0.717) is 6.10 Å². The standard InChI is InChI=1S/C5H8OS2/c1-2-5-3-4-7-8-6-5/h2,5H,1,3-4H2. The van der Waals surface area contributed by atoms with Gasteiger partial charge in [-0.3, -0.25) is 4.18 Å². The molecule has 1 unspecified atom stereocenters. The van der Waals surface area contributed by atoms with Crippen molar-refractivity contribution >= 4 is 21.9 Å². The highest BCUT2D eigenvalue weighted by atomic mass is 33.1. The van der Waals surface area contributed by atoms with Gasteiger partial charge in [0.05, 0.1) is 17.2 Å². The summed E-state index contributed by atoms with van der Waals surface area (Å²) in [6.45, 7) is 3.64. The van der Waals surface area contributed by atoms with Crippen LogP contribution in [0.1, 0.15) is 6.42 Å². The molecular weight excluding hydrogens is 140 g/mol. The predicted molar refractivity (Wildman–Crippen MR) is 39.7 cm³/mol. The van der Waals surface area contributed by atoms with E-state index in [-0.39, 0.29) is 0 Å². The van der Waals surface area contributed by atoms with Crippen LogP contribution in [-0.2, 0) is 4.18 Å². The number of rotatable bonds is 1. The average molecular weight is 148 g/mol. The van der Waals surface area contributed by atoms with E-state index < -0.39 is 0 Å². The largest absolute Gasteiger partial charge is 0.297 e. The van der Waals surface area contributed by atoms with E-state index >= 15 is 0 Å². The fraction of sp³-hybridized carbons (Fsp3) is 0.600. The third-order valence-electron chi connectivity index (χ3n) is 0.960. The van der Waals surface area contributed by atoms with E-state index in [2.05, 4.69) is 6.58 Å². The van der Waals surface area contributed by atoms with E-state index in [0.717, 1.165) is 6.42 Å². The minimum absolute atomic E-state index is 0.293. The molecule has 8 heavy (non-hydrogen) atoms. The summed E-state index contributed by atoms with van der Waals surface area (Å²) in [5.74, 6) is 1.18. The number of hydrogen-bond donors (Lipinski definition) is 0. The summed E-state index contributed by atoms with van der Waals surface area (Å²) in [7, 11) is 1.76. The highest BCUT2D eigenvalue weighted by molar-refractivity contribution is 8.74. The van der Waals surface area contributed by atoms with Crippen LogP contribution in [0.5, 0.6) is 0 Å². The smallest absolute Gasteiger partial charge is 0.0919 e. The first-order chi connectivity index (χ1) is 3.93. The molecule has 46 valence electrons. The van der Waals surface area contributed by atoms with Gasteiger partial charge in [0, 0.05) is 5.75 Å². The Morgan fingerprint density at radius 2 is 2.62 bits per heavy atom. The Bertz CT molecular complexity index is 78.5. The van der Waals surface area contributed by atoms with Crippen molar-refractivity contribution in [2.45, 2.75) is 12.5 Å². The monoisotopic (exact) mass is 148 g/mol. The summed E-state index contributed by atoms with van der Waals surface area (Å²) >= 11 is 1.47. The second-order valence-electron chi connectivity index (χ2n) is 1.55. The minimum Gasteiger partial charge on any atom is -0.297 e. The van der Waals surface area contributed by atoms with Gasteiger partial charge < -0.3 is 0 Å². The average Bonchev–Trinajstić information content (AvgIpc) is 1.90. The van der Waals surface area contributed by atoms with Gasteiger partial charge in [-0.15, -0.1) is 6.58 Å². The Morgan fingerprint density at radius 3 is 3.00 bits per heavy atom. The van der Waals surface area contributed by atoms with Crippen LogP contribution in [0.15, 0.2) is 12.7 Å². The molecule has 1 aliphatic heterocycles. The number of hydrogen-bond acceptors (Lipinski definition) is 3. The third-order valence-corrected chi connectivity index (χ3v) is 2.81. The van der Waals surface area contributed by atoms with Gasteiger partial charge in [0.15, 0.2) is 0 Å². The molecule has 0 aromatic rings. The van der Waals surface area contributed by atoms with Gasteiger partial charge in [0.2, 0.25) is 0 Å². The molecule has 0 amide bonds. The lowest BCUT2D eigenvalue weighted by Crippen LogP contribution is -2.08. The molecule has 1 saturated heterocycles. The summed E-state index contributed by atoms with van der Waals surface area (Å²) in [5.41, 5.74) is 0. The zero-order chi connectivity index (χ0) is 5.82. The Kier molecular flexibility index (Phi) is 2.80. The molecule has 0 saturated carbocycles. The molecule has 0 N–H and O–H groups in total. The van der Waals surface area contributed by atoms with Crippen LogP contribution in [0, 0.1) is 0 Å².